The third-order valence-corrected chi connectivity index (χ3v) is 14.7. The Kier molecular flexibility index (Phi) is 14.3. The van der Waals surface area contributed by atoms with Crippen LogP contribution in [0.5, 0.6) is 0 Å². The van der Waals surface area contributed by atoms with Crippen molar-refractivity contribution in [1.82, 2.24) is 5.32 Å². The average Bonchev–Trinajstić information content (AvgIpc) is 3.60. The van der Waals surface area contributed by atoms with Crippen LogP contribution in [0.25, 0.3) is 0 Å². The zero-order valence-electron chi connectivity index (χ0n) is 41.8. The minimum Gasteiger partial charge on any atom is -0.462 e. The molecule has 7 rings (SSSR count). The summed E-state index contributed by atoms with van der Waals surface area (Å²) in [7, 11) is 3.18. The van der Waals surface area contributed by atoms with Crippen molar-refractivity contribution in [3.63, 3.8) is 0 Å². The van der Waals surface area contributed by atoms with Crippen molar-refractivity contribution in [2.75, 3.05) is 27.8 Å². The Balaban J connectivity index is 1.16. The zero-order valence-corrected chi connectivity index (χ0v) is 38.8. The SMILES string of the molecule is [2H]C([2H])([2H])NC1[C@H](C)O[C@@H](O[C@H]2[C@H](C)O[C@@H](O[C@@H]3/C(C)=C/C[C@@H]4C[C@@H](C[C@]5(C=C[C@H](C)[C@@H]([C@@H](C)CC)O5)O4)OC(=O)[C@@H]4C=C(C)[C@@H](O)[C@H]5OCC(=C/C=C/[C@@H]3C)[C@]54O)C[C@@H]2OC)C[C@@H]1OC. The van der Waals surface area contributed by atoms with Gasteiger partial charge in [0.25, 0.3) is 0 Å². The fourth-order valence-corrected chi connectivity index (χ4v) is 10.8. The van der Waals surface area contributed by atoms with Crippen LogP contribution in [0.3, 0.4) is 0 Å². The van der Waals surface area contributed by atoms with Gasteiger partial charge in [-0.1, -0.05) is 70.6 Å². The van der Waals surface area contributed by atoms with E-state index in [-0.39, 0.29) is 36.9 Å². The lowest BCUT2D eigenvalue weighted by Gasteiger charge is -2.48. The standard InChI is InChI=1S/C49H75NO13/c1-12-26(2)44-29(5)18-19-48(63-44)24-35-21-34(62-48)17-16-28(4)43(27(3)14-13-15-33-25-56-46-42(51)30(6)20-36(47(52)59-35)49(33,46)53)60-40-23-38(55-11)45(32(8)58-40)61-39-22-37(54-10)41(50-9)31(7)57-39/h13-16,18-20,26-27,29,31-32,34-46,50-51,53H,12,17,21-25H2,1-11H3/b14-13+,28-16+,33-15?/t26-,27-,29-,31-,32-,34+,35-,36-,37-,38-,39-,40-,41?,42+,43-,44+,45-,46+,48+,49+/m0/s1/i9D3. The van der Waals surface area contributed by atoms with Crippen LogP contribution >= 0.6 is 0 Å². The molecule has 20 atom stereocenters. The van der Waals surface area contributed by atoms with Crippen LogP contribution in [0, 0.1) is 23.7 Å². The summed E-state index contributed by atoms with van der Waals surface area (Å²) in [5.74, 6) is -2.66. The van der Waals surface area contributed by atoms with Gasteiger partial charge >= 0.3 is 5.97 Å². The minimum absolute atomic E-state index is 0.0169. The number of nitrogens with one attached hydrogen (secondary N) is 1. The topological polar surface area (TPSA) is 162 Å². The number of methoxy groups -OCH3 is 2. The molecule has 7 aliphatic rings. The second-order valence-corrected chi connectivity index (χ2v) is 19.1. The Hall–Kier alpha value is -2.31. The van der Waals surface area contributed by atoms with E-state index < -0.39 is 110 Å². The van der Waals surface area contributed by atoms with Gasteiger partial charge in [0.1, 0.15) is 35.9 Å². The molecule has 4 saturated heterocycles. The molecule has 1 aliphatic carbocycles. The summed E-state index contributed by atoms with van der Waals surface area (Å²) < 4.78 is 87.4. The van der Waals surface area contributed by atoms with Crippen molar-refractivity contribution in [2.45, 2.75) is 191 Å². The first-order chi connectivity index (χ1) is 31.2. The third-order valence-electron chi connectivity index (χ3n) is 14.7. The van der Waals surface area contributed by atoms with Gasteiger partial charge in [-0.2, -0.15) is 0 Å². The summed E-state index contributed by atoms with van der Waals surface area (Å²) in [4.78, 5) is 14.4. The average molecular weight is 889 g/mol. The van der Waals surface area contributed by atoms with Crippen molar-refractivity contribution < 1.29 is 66.5 Å². The van der Waals surface area contributed by atoms with Crippen molar-refractivity contribution in [2.24, 2.45) is 23.7 Å². The lowest BCUT2D eigenvalue weighted by Crippen LogP contribution is -2.58. The Morgan fingerprint density at radius 1 is 0.952 bits per heavy atom. The number of esters is 1. The predicted octanol–water partition coefficient (Wildman–Crippen LogP) is 5.60. The molecule has 0 aromatic heterocycles. The summed E-state index contributed by atoms with van der Waals surface area (Å²) in [6.45, 7) is 13.6. The molecule has 14 nitrogen and oxygen atoms in total. The molecule has 0 radical (unpaired) electrons. The quantitative estimate of drug-likeness (QED) is 0.194. The van der Waals surface area contributed by atoms with Crippen LogP contribution in [-0.2, 0) is 52.2 Å². The predicted molar refractivity (Wildman–Crippen MR) is 234 cm³/mol. The first-order valence-corrected chi connectivity index (χ1v) is 23.1. The Morgan fingerprint density at radius 2 is 1.68 bits per heavy atom. The molecule has 1 unspecified atom stereocenters. The normalized spacial score (nSPS) is 48.6. The lowest BCUT2D eigenvalue weighted by atomic mass is 9.71. The van der Waals surface area contributed by atoms with Gasteiger partial charge in [-0.05, 0) is 69.8 Å². The van der Waals surface area contributed by atoms with Gasteiger partial charge in [0.05, 0.1) is 55.4 Å². The molecular weight excluding hydrogens is 811 g/mol. The molecule has 1 spiro atoms. The van der Waals surface area contributed by atoms with E-state index >= 15 is 0 Å². The van der Waals surface area contributed by atoms with Gasteiger partial charge in [0.15, 0.2) is 18.4 Å². The Morgan fingerprint density at radius 3 is 2.41 bits per heavy atom. The van der Waals surface area contributed by atoms with Gasteiger partial charge < -0.3 is 62.9 Å². The number of ether oxygens (including phenoxy) is 10. The van der Waals surface area contributed by atoms with Crippen molar-refractivity contribution in [3.05, 3.63) is 59.3 Å². The summed E-state index contributed by atoms with van der Waals surface area (Å²) in [6.07, 6.45) is 8.57. The molecule has 6 aliphatic heterocycles. The van der Waals surface area contributed by atoms with Crippen LogP contribution in [0.15, 0.2) is 59.3 Å². The molecule has 2 bridgehead atoms. The van der Waals surface area contributed by atoms with E-state index in [2.05, 4.69) is 38.2 Å². The molecule has 354 valence electrons. The van der Waals surface area contributed by atoms with E-state index in [0.29, 0.717) is 36.8 Å². The molecule has 3 N–H and O–H groups in total. The molecule has 0 aromatic carbocycles. The zero-order chi connectivity index (χ0) is 47.9. The molecule has 63 heavy (non-hydrogen) atoms. The summed E-state index contributed by atoms with van der Waals surface area (Å²) >= 11 is 0. The number of aliphatic hydroxyl groups excluding tert-OH is 1. The van der Waals surface area contributed by atoms with E-state index in [1.165, 1.54) is 0 Å². The lowest BCUT2D eigenvalue weighted by molar-refractivity contribution is -0.312. The first-order valence-electron chi connectivity index (χ1n) is 24.6. The summed E-state index contributed by atoms with van der Waals surface area (Å²) in [5.41, 5.74) is 0.0703. The van der Waals surface area contributed by atoms with Crippen molar-refractivity contribution in [3.8, 4) is 0 Å². The highest BCUT2D eigenvalue weighted by Gasteiger charge is 2.60. The molecule has 4 fully saturated rings. The number of carbonyl (C=O) groups excluding carboxylic acids is 1. The maximum Gasteiger partial charge on any atom is 0.316 e. The number of likely N-dealkylation sites (N-methyl/N-ethyl adjacent to an activating group) is 1. The number of rotatable bonds is 9. The second kappa shape index (κ2) is 20.3. The van der Waals surface area contributed by atoms with Gasteiger partial charge in [0.2, 0.25) is 0 Å². The number of hydrogen-bond donors (Lipinski definition) is 3. The van der Waals surface area contributed by atoms with E-state index in [9.17, 15) is 15.0 Å². The number of carbonyl (C=O) groups is 1. The van der Waals surface area contributed by atoms with E-state index in [1.807, 2.05) is 39.0 Å². The van der Waals surface area contributed by atoms with Crippen LogP contribution in [-0.4, -0.2) is 141 Å². The third kappa shape index (κ3) is 10.0. The van der Waals surface area contributed by atoms with E-state index in [1.54, 1.807) is 40.2 Å². The summed E-state index contributed by atoms with van der Waals surface area (Å²) in [6, 6.07) is -0.560. The van der Waals surface area contributed by atoms with Crippen LogP contribution < -0.4 is 5.32 Å². The fraction of sp³-hybridized carbons (Fsp3) is 0.776. The molecule has 0 amide bonds. The number of fused-ring (bicyclic) bond motifs is 2. The highest BCUT2D eigenvalue weighted by Crippen LogP contribution is 2.47. The smallest absolute Gasteiger partial charge is 0.316 e. The Labute approximate surface area is 378 Å². The number of allylic oxidation sites excluding steroid dienone is 2. The maximum atomic E-state index is 14.4. The van der Waals surface area contributed by atoms with Gasteiger partial charge in [-0.15, -0.1) is 0 Å². The second-order valence-electron chi connectivity index (χ2n) is 19.1. The molecule has 6 heterocycles. The number of hydrogen-bond acceptors (Lipinski definition) is 14. The molecule has 14 heteroatoms. The van der Waals surface area contributed by atoms with Gasteiger partial charge in [-0.3, -0.25) is 4.79 Å². The van der Waals surface area contributed by atoms with Gasteiger partial charge in [0, 0.05) is 55.9 Å². The largest absolute Gasteiger partial charge is 0.462 e. The van der Waals surface area contributed by atoms with Crippen molar-refractivity contribution >= 4 is 5.97 Å². The minimum atomic E-state index is -2.36. The highest BCUT2D eigenvalue weighted by molar-refractivity contribution is 5.78. The molecule has 0 saturated carbocycles. The summed E-state index contributed by atoms with van der Waals surface area (Å²) in [5, 5.41) is 26.4. The van der Waals surface area contributed by atoms with Crippen LogP contribution in [0.4, 0.5) is 0 Å². The highest BCUT2D eigenvalue weighted by atomic mass is 16.7. The first kappa shape index (κ1) is 44.5. The molecular formula is C49H75NO13. The van der Waals surface area contributed by atoms with Crippen LogP contribution in [0.1, 0.15) is 98.0 Å². The Bertz CT molecular complexity index is 1860. The molecule has 0 aromatic rings. The van der Waals surface area contributed by atoms with Gasteiger partial charge in [-0.25, -0.2) is 0 Å². The van der Waals surface area contributed by atoms with E-state index in [4.69, 9.17) is 51.5 Å². The maximum absolute atomic E-state index is 14.4. The van der Waals surface area contributed by atoms with Crippen LogP contribution in [0.2, 0.25) is 0 Å². The van der Waals surface area contributed by atoms with E-state index in [0.717, 1.165) is 12.0 Å². The number of aliphatic hydroxyl groups is 2. The van der Waals surface area contributed by atoms with Crippen molar-refractivity contribution in [1.29, 1.82) is 0 Å². The fourth-order valence-electron chi connectivity index (χ4n) is 10.8. The monoisotopic (exact) mass is 889 g/mol.